The highest BCUT2D eigenvalue weighted by atomic mass is 19.1. The van der Waals surface area contributed by atoms with Crippen molar-refractivity contribution >= 4 is 17.2 Å². The molecule has 0 saturated carbocycles. The van der Waals surface area contributed by atoms with E-state index in [0.717, 1.165) is 5.69 Å². The number of fused-ring (bicyclic) bond motifs is 1. The van der Waals surface area contributed by atoms with Gasteiger partial charge in [-0.15, -0.1) is 0 Å². The fourth-order valence-electron chi connectivity index (χ4n) is 2.67. The quantitative estimate of drug-likeness (QED) is 0.699. The molecule has 1 atom stereocenters. The van der Waals surface area contributed by atoms with E-state index < -0.39 is 0 Å². The molecule has 2 aromatic carbocycles. The fraction of sp³-hybridized carbons (Fsp3) is 0.235. The van der Waals surface area contributed by atoms with E-state index in [-0.39, 0.29) is 24.2 Å². The molecule has 5 heteroatoms. The first kappa shape index (κ1) is 14.4. The van der Waals surface area contributed by atoms with Gasteiger partial charge in [-0.1, -0.05) is 6.07 Å². The molecule has 0 spiro atoms. The number of halogens is 1. The number of para-hydroxylation sites is 1. The number of hydrogen-bond donors (Lipinski definition) is 1. The molecule has 0 radical (unpaired) electrons. The number of rotatable bonds is 3. The van der Waals surface area contributed by atoms with E-state index in [1.165, 1.54) is 24.3 Å². The predicted octanol–water partition coefficient (Wildman–Crippen LogP) is 2.88. The van der Waals surface area contributed by atoms with Crippen molar-refractivity contribution in [2.75, 3.05) is 23.7 Å². The highest BCUT2D eigenvalue weighted by Crippen LogP contribution is 2.38. The Kier molecular flexibility index (Phi) is 3.71. The van der Waals surface area contributed by atoms with Crippen LogP contribution in [0.15, 0.2) is 42.5 Å². The van der Waals surface area contributed by atoms with Crippen molar-refractivity contribution in [3.63, 3.8) is 0 Å². The van der Waals surface area contributed by atoms with Gasteiger partial charge in [-0.3, -0.25) is 4.79 Å². The number of Topliss-reactive ketones (excluding diaryl/α,β-unsaturated/α-hetero) is 1. The minimum Gasteiger partial charge on any atom is -0.487 e. The molecule has 0 amide bonds. The van der Waals surface area contributed by atoms with Crippen LogP contribution in [0, 0.1) is 5.82 Å². The zero-order valence-corrected chi connectivity index (χ0v) is 12.3. The summed E-state index contributed by atoms with van der Waals surface area (Å²) in [4.78, 5) is 14.3. The Hall–Kier alpha value is -2.56. The predicted molar refractivity (Wildman–Crippen MR) is 83.9 cm³/mol. The topological polar surface area (TPSA) is 55.6 Å². The number of ether oxygens (including phenoxy) is 1. The van der Waals surface area contributed by atoms with Gasteiger partial charge in [-0.2, -0.15) is 0 Å². The van der Waals surface area contributed by atoms with Gasteiger partial charge in [0.1, 0.15) is 23.4 Å². The molecule has 1 aliphatic heterocycles. The van der Waals surface area contributed by atoms with Crippen LogP contribution in [0.5, 0.6) is 5.75 Å². The Morgan fingerprint density at radius 1 is 1.32 bits per heavy atom. The molecule has 0 fully saturated rings. The summed E-state index contributed by atoms with van der Waals surface area (Å²) in [7, 11) is 0. The van der Waals surface area contributed by atoms with E-state index in [0.29, 0.717) is 23.5 Å². The van der Waals surface area contributed by atoms with Crippen LogP contribution >= 0.6 is 0 Å². The van der Waals surface area contributed by atoms with Crippen molar-refractivity contribution in [3.05, 3.63) is 53.8 Å². The van der Waals surface area contributed by atoms with Crippen molar-refractivity contribution in [2.24, 2.45) is 0 Å². The molecule has 2 N–H and O–H groups in total. The number of carbonyl (C=O) groups is 1. The molecule has 1 unspecified atom stereocenters. The lowest BCUT2D eigenvalue weighted by atomic mass is 10.1. The molecule has 4 nitrogen and oxygen atoms in total. The molecule has 3 rings (SSSR count). The van der Waals surface area contributed by atoms with E-state index >= 15 is 0 Å². The number of nitrogens with two attached hydrogens (primary N) is 1. The van der Waals surface area contributed by atoms with E-state index in [1.807, 2.05) is 24.0 Å². The first-order valence-corrected chi connectivity index (χ1v) is 7.13. The third-order valence-electron chi connectivity index (χ3n) is 3.65. The summed E-state index contributed by atoms with van der Waals surface area (Å²) in [6, 6.07) is 11.0. The van der Waals surface area contributed by atoms with Crippen molar-refractivity contribution in [3.8, 4) is 5.75 Å². The maximum atomic E-state index is 13.0. The number of nitrogen functional groups attached to an aromatic ring is 1. The lowest BCUT2D eigenvalue weighted by Gasteiger charge is -2.35. The fourth-order valence-corrected chi connectivity index (χ4v) is 2.67. The maximum absolute atomic E-state index is 13.0. The number of anilines is 2. The van der Waals surface area contributed by atoms with Crippen LogP contribution in [0.2, 0.25) is 0 Å². The van der Waals surface area contributed by atoms with Crippen LogP contribution < -0.4 is 15.4 Å². The highest BCUT2D eigenvalue weighted by molar-refractivity contribution is 6.00. The Morgan fingerprint density at radius 3 is 2.77 bits per heavy atom. The van der Waals surface area contributed by atoms with Gasteiger partial charge in [0.05, 0.1) is 18.8 Å². The Bertz CT molecular complexity index is 700. The van der Waals surface area contributed by atoms with Crippen LogP contribution in [0.1, 0.15) is 17.3 Å². The van der Waals surface area contributed by atoms with Gasteiger partial charge in [0.15, 0.2) is 5.78 Å². The molecule has 2 aromatic rings. The number of hydrogen-bond acceptors (Lipinski definition) is 4. The molecular formula is C17H17FN2O2. The Balaban J connectivity index is 1.86. The minimum absolute atomic E-state index is 0.0321. The third kappa shape index (κ3) is 2.74. The summed E-state index contributed by atoms with van der Waals surface area (Å²) >= 11 is 0. The van der Waals surface area contributed by atoms with Crippen LogP contribution in [0.25, 0.3) is 0 Å². The standard InChI is InChI=1S/C17H17FN2O2/c1-11-9-20(17-14(19)3-2-4-16(17)22-11)10-15(21)12-5-7-13(18)8-6-12/h2-8,11H,9-10,19H2,1H3. The van der Waals surface area contributed by atoms with E-state index in [1.54, 1.807) is 6.07 Å². The van der Waals surface area contributed by atoms with E-state index in [2.05, 4.69) is 0 Å². The molecular weight excluding hydrogens is 283 g/mol. The molecule has 114 valence electrons. The first-order chi connectivity index (χ1) is 10.5. The summed E-state index contributed by atoms with van der Waals surface area (Å²) in [5, 5.41) is 0. The van der Waals surface area contributed by atoms with Crippen LogP contribution in [0.4, 0.5) is 15.8 Å². The Labute approximate surface area is 128 Å². The molecule has 0 aliphatic carbocycles. The summed E-state index contributed by atoms with van der Waals surface area (Å²) in [6.07, 6.45) is -0.0321. The van der Waals surface area contributed by atoms with Gasteiger partial charge < -0.3 is 15.4 Å². The minimum atomic E-state index is -0.355. The molecule has 0 aromatic heterocycles. The number of carbonyl (C=O) groups excluding carboxylic acids is 1. The normalized spacial score (nSPS) is 16.8. The summed E-state index contributed by atoms with van der Waals surface area (Å²) < 4.78 is 18.7. The number of ketones is 1. The smallest absolute Gasteiger partial charge is 0.182 e. The van der Waals surface area contributed by atoms with Crippen LogP contribution in [0.3, 0.4) is 0 Å². The van der Waals surface area contributed by atoms with Gasteiger partial charge in [0, 0.05) is 5.56 Å². The lowest BCUT2D eigenvalue weighted by molar-refractivity contribution is 0.0994. The summed E-state index contributed by atoms with van der Waals surface area (Å²) in [6.45, 7) is 2.70. The van der Waals surface area contributed by atoms with Gasteiger partial charge in [0.25, 0.3) is 0 Å². The van der Waals surface area contributed by atoms with Crippen molar-refractivity contribution < 1.29 is 13.9 Å². The molecule has 1 heterocycles. The van der Waals surface area contributed by atoms with Crippen molar-refractivity contribution in [2.45, 2.75) is 13.0 Å². The van der Waals surface area contributed by atoms with Crippen molar-refractivity contribution in [1.82, 2.24) is 0 Å². The largest absolute Gasteiger partial charge is 0.487 e. The lowest BCUT2D eigenvalue weighted by Crippen LogP contribution is -2.41. The van der Waals surface area contributed by atoms with Crippen LogP contribution in [-0.4, -0.2) is 25.0 Å². The van der Waals surface area contributed by atoms with Gasteiger partial charge >= 0.3 is 0 Å². The highest BCUT2D eigenvalue weighted by Gasteiger charge is 2.26. The molecule has 0 saturated heterocycles. The SMILES string of the molecule is CC1CN(CC(=O)c2ccc(F)cc2)c2c(N)cccc2O1. The molecule has 0 bridgehead atoms. The second-order valence-electron chi connectivity index (χ2n) is 5.43. The maximum Gasteiger partial charge on any atom is 0.182 e. The summed E-state index contributed by atoms with van der Waals surface area (Å²) in [5.74, 6) is 0.250. The third-order valence-corrected chi connectivity index (χ3v) is 3.65. The van der Waals surface area contributed by atoms with Gasteiger partial charge in [-0.25, -0.2) is 4.39 Å². The average Bonchev–Trinajstić information content (AvgIpc) is 2.47. The van der Waals surface area contributed by atoms with Gasteiger partial charge in [-0.05, 0) is 43.3 Å². The molecule has 1 aliphatic rings. The monoisotopic (exact) mass is 300 g/mol. The molecule has 22 heavy (non-hydrogen) atoms. The van der Waals surface area contributed by atoms with Gasteiger partial charge in [0.2, 0.25) is 0 Å². The second-order valence-corrected chi connectivity index (χ2v) is 5.43. The number of benzene rings is 2. The second kappa shape index (κ2) is 5.67. The zero-order chi connectivity index (χ0) is 15.7. The average molecular weight is 300 g/mol. The van der Waals surface area contributed by atoms with Crippen LogP contribution in [-0.2, 0) is 0 Å². The van der Waals surface area contributed by atoms with Crippen molar-refractivity contribution in [1.29, 1.82) is 0 Å². The van der Waals surface area contributed by atoms with E-state index in [4.69, 9.17) is 10.5 Å². The van der Waals surface area contributed by atoms with E-state index in [9.17, 15) is 9.18 Å². The summed E-state index contributed by atoms with van der Waals surface area (Å²) in [5.41, 5.74) is 7.84. The Morgan fingerprint density at radius 2 is 2.05 bits per heavy atom. The first-order valence-electron chi connectivity index (χ1n) is 7.13. The number of nitrogens with zero attached hydrogens (tertiary/aromatic N) is 1. The zero-order valence-electron chi connectivity index (χ0n) is 12.3.